The molecular weight excluding hydrogens is 244 g/mol. The Morgan fingerprint density at radius 3 is 2.89 bits per heavy atom. The molecule has 1 aliphatic heterocycles. The maximum absolute atomic E-state index is 5.95. The summed E-state index contributed by atoms with van der Waals surface area (Å²) in [7, 11) is 0. The molecule has 2 N–H and O–H groups in total. The predicted molar refractivity (Wildman–Crippen MR) is 79.2 cm³/mol. The first kappa shape index (κ1) is 13.5. The van der Waals surface area contributed by atoms with Gasteiger partial charge in [0.05, 0.1) is 0 Å². The fourth-order valence-electron chi connectivity index (χ4n) is 2.26. The normalized spacial score (nSPS) is 19.6. The fraction of sp³-hybridized carbons (Fsp3) is 0.692. The maximum Gasteiger partial charge on any atom is 0.137 e. The van der Waals surface area contributed by atoms with Crippen LogP contribution in [0.5, 0.6) is 0 Å². The van der Waals surface area contributed by atoms with Gasteiger partial charge in [-0.2, -0.15) is 11.8 Å². The monoisotopic (exact) mass is 266 g/mol. The van der Waals surface area contributed by atoms with Crippen LogP contribution in [0.4, 0.5) is 11.6 Å². The molecule has 100 valence electrons. The van der Waals surface area contributed by atoms with Crippen LogP contribution < -0.4 is 10.6 Å². The number of rotatable bonds is 2. The van der Waals surface area contributed by atoms with E-state index in [-0.39, 0.29) is 0 Å². The van der Waals surface area contributed by atoms with E-state index in [4.69, 9.17) is 5.73 Å². The summed E-state index contributed by atoms with van der Waals surface area (Å²) in [6.45, 7) is 8.82. The highest BCUT2D eigenvalue weighted by Crippen LogP contribution is 2.33. The molecule has 0 saturated carbocycles. The number of hydrogen-bond donors (Lipinski definition) is 1. The second-order valence-electron chi connectivity index (χ2n) is 5.26. The van der Waals surface area contributed by atoms with Crippen molar-refractivity contribution in [3.05, 3.63) is 11.9 Å². The minimum Gasteiger partial charge on any atom is -0.383 e. The SMILES string of the molecule is CCc1c(N)ncnc1N1CCSC(C)(C)CC1. The Labute approximate surface area is 113 Å². The summed E-state index contributed by atoms with van der Waals surface area (Å²) in [5.41, 5.74) is 7.03. The van der Waals surface area contributed by atoms with Crippen molar-refractivity contribution in [1.82, 2.24) is 9.97 Å². The Morgan fingerprint density at radius 1 is 1.39 bits per heavy atom. The Morgan fingerprint density at radius 2 is 2.17 bits per heavy atom. The third kappa shape index (κ3) is 2.88. The van der Waals surface area contributed by atoms with Gasteiger partial charge in [-0.15, -0.1) is 0 Å². The molecule has 0 aromatic carbocycles. The quantitative estimate of drug-likeness (QED) is 0.890. The highest BCUT2D eigenvalue weighted by Gasteiger charge is 2.25. The molecule has 18 heavy (non-hydrogen) atoms. The van der Waals surface area contributed by atoms with Gasteiger partial charge in [-0.1, -0.05) is 20.8 Å². The lowest BCUT2D eigenvalue weighted by Crippen LogP contribution is -2.29. The molecule has 0 bridgehead atoms. The second-order valence-corrected chi connectivity index (χ2v) is 7.06. The molecule has 0 amide bonds. The zero-order chi connectivity index (χ0) is 13.2. The van der Waals surface area contributed by atoms with Crippen molar-refractivity contribution in [2.45, 2.75) is 38.4 Å². The van der Waals surface area contributed by atoms with Crippen LogP contribution in [0.25, 0.3) is 0 Å². The van der Waals surface area contributed by atoms with E-state index < -0.39 is 0 Å². The molecular formula is C13H22N4S. The van der Waals surface area contributed by atoms with Crippen LogP contribution in [0.3, 0.4) is 0 Å². The summed E-state index contributed by atoms with van der Waals surface area (Å²) < 4.78 is 0.361. The summed E-state index contributed by atoms with van der Waals surface area (Å²) in [5.74, 6) is 2.79. The van der Waals surface area contributed by atoms with Crippen molar-refractivity contribution >= 4 is 23.4 Å². The van der Waals surface area contributed by atoms with Gasteiger partial charge in [-0.05, 0) is 12.8 Å². The lowest BCUT2D eigenvalue weighted by atomic mass is 10.1. The summed E-state index contributed by atoms with van der Waals surface area (Å²) in [6.07, 6.45) is 3.63. The first-order valence-corrected chi connectivity index (χ1v) is 7.50. The summed E-state index contributed by atoms with van der Waals surface area (Å²) in [5, 5.41) is 0. The first-order chi connectivity index (χ1) is 8.53. The van der Waals surface area contributed by atoms with Crippen LogP contribution in [-0.2, 0) is 6.42 Å². The van der Waals surface area contributed by atoms with Gasteiger partial charge in [-0.3, -0.25) is 0 Å². The van der Waals surface area contributed by atoms with E-state index in [1.54, 1.807) is 6.33 Å². The van der Waals surface area contributed by atoms with Crippen molar-refractivity contribution in [1.29, 1.82) is 0 Å². The summed E-state index contributed by atoms with van der Waals surface area (Å²) in [6, 6.07) is 0. The molecule has 1 fully saturated rings. The Bertz CT molecular complexity index is 419. The van der Waals surface area contributed by atoms with Gasteiger partial charge < -0.3 is 10.6 Å². The Balaban J connectivity index is 2.24. The third-order valence-electron chi connectivity index (χ3n) is 3.45. The number of nitrogens with zero attached hydrogens (tertiary/aromatic N) is 3. The lowest BCUT2D eigenvalue weighted by molar-refractivity contribution is 0.633. The van der Waals surface area contributed by atoms with Crippen molar-refractivity contribution in [2.24, 2.45) is 0 Å². The van der Waals surface area contributed by atoms with E-state index in [1.807, 2.05) is 11.8 Å². The van der Waals surface area contributed by atoms with Crippen LogP contribution in [-0.4, -0.2) is 33.6 Å². The topological polar surface area (TPSA) is 55.0 Å². The van der Waals surface area contributed by atoms with E-state index in [9.17, 15) is 0 Å². The van der Waals surface area contributed by atoms with E-state index in [1.165, 1.54) is 6.42 Å². The second kappa shape index (κ2) is 5.34. The van der Waals surface area contributed by atoms with Gasteiger partial charge in [0, 0.05) is 29.2 Å². The van der Waals surface area contributed by atoms with Crippen LogP contribution in [0.2, 0.25) is 0 Å². The van der Waals surface area contributed by atoms with Crippen LogP contribution in [0, 0.1) is 0 Å². The van der Waals surface area contributed by atoms with E-state index in [0.29, 0.717) is 10.6 Å². The van der Waals surface area contributed by atoms with Crippen molar-refractivity contribution < 1.29 is 0 Å². The average Bonchev–Trinajstić information content (AvgIpc) is 2.50. The fourth-order valence-corrected chi connectivity index (χ4v) is 3.36. The molecule has 0 aliphatic carbocycles. The molecule has 2 heterocycles. The molecule has 1 saturated heterocycles. The number of anilines is 2. The maximum atomic E-state index is 5.95. The predicted octanol–water partition coefficient (Wildman–Crippen LogP) is 2.34. The standard InChI is InChI=1S/C13H22N4S/c1-4-10-11(14)15-9-16-12(10)17-6-5-13(2,3)18-8-7-17/h9H,4-8H2,1-3H3,(H2,14,15,16). The number of aromatic nitrogens is 2. The molecule has 0 atom stereocenters. The van der Waals surface area contributed by atoms with Crippen LogP contribution in [0.15, 0.2) is 6.33 Å². The molecule has 0 radical (unpaired) electrons. The highest BCUT2D eigenvalue weighted by atomic mass is 32.2. The largest absolute Gasteiger partial charge is 0.383 e. The lowest BCUT2D eigenvalue weighted by Gasteiger charge is -2.25. The third-order valence-corrected chi connectivity index (χ3v) is 4.82. The molecule has 4 nitrogen and oxygen atoms in total. The van der Waals surface area contributed by atoms with Crippen molar-refractivity contribution in [3.63, 3.8) is 0 Å². The smallest absolute Gasteiger partial charge is 0.137 e. The van der Waals surface area contributed by atoms with E-state index in [0.717, 1.165) is 36.6 Å². The molecule has 0 spiro atoms. The van der Waals surface area contributed by atoms with Crippen molar-refractivity contribution in [3.8, 4) is 0 Å². The highest BCUT2D eigenvalue weighted by molar-refractivity contribution is 8.00. The first-order valence-electron chi connectivity index (χ1n) is 6.52. The van der Waals surface area contributed by atoms with Gasteiger partial charge in [0.2, 0.25) is 0 Å². The van der Waals surface area contributed by atoms with E-state index in [2.05, 4.69) is 35.6 Å². The van der Waals surface area contributed by atoms with Gasteiger partial charge in [0.25, 0.3) is 0 Å². The summed E-state index contributed by atoms with van der Waals surface area (Å²) in [4.78, 5) is 10.9. The van der Waals surface area contributed by atoms with Crippen molar-refractivity contribution in [2.75, 3.05) is 29.5 Å². The molecule has 1 aromatic rings. The van der Waals surface area contributed by atoms with E-state index >= 15 is 0 Å². The molecule has 1 aromatic heterocycles. The zero-order valence-corrected chi connectivity index (χ0v) is 12.3. The Hall–Kier alpha value is -0.970. The van der Waals surface area contributed by atoms with Gasteiger partial charge >= 0.3 is 0 Å². The van der Waals surface area contributed by atoms with Crippen LogP contribution >= 0.6 is 11.8 Å². The van der Waals surface area contributed by atoms with Crippen LogP contribution in [0.1, 0.15) is 32.8 Å². The average molecular weight is 266 g/mol. The molecule has 0 unspecified atom stereocenters. The Kier molecular flexibility index (Phi) is 4.00. The minimum atomic E-state index is 0.361. The minimum absolute atomic E-state index is 0.361. The van der Waals surface area contributed by atoms with Gasteiger partial charge in [0.15, 0.2) is 0 Å². The summed E-state index contributed by atoms with van der Waals surface area (Å²) >= 11 is 2.04. The van der Waals surface area contributed by atoms with Gasteiger partial charge in [0.1, 0.15) is 18.0 Å². The number of thioether (sulfide) groups is 1. The number of nitrogens with two attached hydrogens (primary N) is 1. The van der Waals surface area contributed by atoms with Gasteiger partial charge in [-0.25, -0.2) is 9.97 Å². The zero-order valence-electron chi connectivity index (χ0n) is 11.4. The number of hydrogen-bond acceptors (Lipinski definition) is 5. The molecule has 2 rings (SSSR count). The molecule has 5 heteroatoms. The molecule has 1 aliphatic rings. The number of nitrogen functional groups attached to an aromatic ring is 1.